The summed E-state index contributed by atoms with van der Waals surface area (Å²) in [5.41, 5.74) is 3.46. The van der Waals surface area contributed by atoms with Gasteiger partial charge in [0.05, 0.1) is 17.6 Å². The highest BCUT2D eigenvalue weighted by atomic mass is 79.9. The first-order valence-corrected chi connectivity index (χ1v) is 10.1. The fraction of sp³-hybridized carbons (Fsp3) is 0.632. The van der Waals surface area contributed by atoms with E-state index in [9.17, 15) is 0 Å². The van der Waals surface area contributed by atoms with Crippen molar-refractivity contribution in [3.63, 3.8) is 0 Å². The van der Waals surface area contributed by atoms with Gasteiger partial charge in [-0.1, -0.05) is 61.4 Å². The Balaban J connectivity index is 1.67. The van der Waals surface area contributed by atoms with E-state index in [4.69, 9.17) is 4.74 Å². The highest BCUT2D eigenvalue weighted by Gasteiger charge is 2.06. The number of aromatic amines is 1. The summed E-state index contributed by atoms with van der Waals surface area (Å²) >= 11 is 3.48. The minimum atomic E-state index is 0.756. The van der Waals surface area contributed by atoms with Crippen molar-refractivity contribution in [1.29, 1.82) is 0 Å². The summed E-state index contributed by atoms with van der Waals surface area (Å²) in [6, 6.07) is 4.04. The molecule has 0 saturated carbocycles. The lowest BCUT2D eigenvalue weighted by molar-refractivity contribution is 0.294. The van der Waals surface area contributed by atoms with Crippen molar-refractivity contribution in [2.75, 3.05) is 11.9 Å². The second kappa shape index (κ2) is 10.7. The average molecular weight is 381 g/mol. The Bertz CT molecular complexity index is 567. The molecule has 128 valence electrons. The van der Waals surface area contributed by atoms with E-state index in [1.165, 1.54) is 44.1 Å². The Hall–Kier alpha value is -1.03. The summed E-state index contributed by atoms with van der Waals surface area (Å²) in [6.45, 7) is 2.96. The van der Waals surface area contributed by atoms with Crippen LogP contribution in [0.2, 0.25) is 0 Å². The smallest absolute Gasteiger partial charge is 0.213 e. The molecule has 0 unspecified atom stereocenters. The van der Waals surface area contributed by atoms with Crippen LogP contribution in [0.25, 0.3) is 11.0 Å². The van der Waals surface area contributed by atoms with E-state index < -0.39 is 0 Å². The third kappa shape index (κ3) is 6.17. The maximum atomic E-state index is 5.83. The molecule has 23 heavy (non-hydrogen) atoms. The summed E-state index contributed by atoms with van der Waals surface area (Å²) in [6.07, 6.45) is 13.3. The standard InChI is InChI=1S/C19H29BrN2O/c1-2-10-16-15-21-17-11-12-18(22-19(16)17)23-14-9-7-5-3-4-6-8-13-20/h11-12,15,21H,2-10,13-14H2,1H3. The Morgan fingerprint density at radius 1 is 1.04 bits per heavy atom. The van der Waals surface area contributed by atoms with Crippen LogP contribution in [0, 0.1) is 0 Å². The molecule has 1 N–H and O–H groups in total. The van der Waals surface area contributed by atoms with Crippen molar-refractivity contribution >= 4 is 27.0 Å². The van der Waals surface area contributed by atoms with Gasteiger partial charge in [-0.25, -0.2) is 4.98 Å². The quantitative estimate of drug-likeness (QED) is 0.361. The Kier molecular flexibility index (Phi) is 8.51. The fourth-order valence-corrected chi connectivity index (χ4v) is 3.23. The number of hydrogen-bond donors (Lipinski definition) is 1. The largest absolute Gasteiger partial charge is 0.478 e. The molecule has 0 fully saturated rings. The van der Waals surface area contributed by atoms with Gasteiger partial charge >= 0.3 is 0 Å². The van der Waals surface area contributed by atoms with Crippen molar-refractivity contribution in [3.05, 3.63) is 23.9 Å². The van der Waals surface area contributed by atoms with Crippen molar-refractivity contribution in [3.8, 4) is 5.88 Å². The van der Waals surface area contributed by atoms with Crippen LogP contribution < -0.4 is 4.74 Å². The summed E-state index contributed by atoms with van der Waals surface area (Å²) in [5.74, 6) is 0.756. The number of nitrogens with zero attached hydrogens (tertiary/aromatic N) is 1. The average Bonchev–Trinajstić information content (AvgIpc) is 2.96. The molecular formula is C19H29BrN2O. The number of unbranched alkanes of at least 4 members (excludes halogenated alkanes) is 6. The third-order valence-corrected chi connectivity index (χ3v) is 4.68. The molecule has 2 aromatic heterocycles. The molecule has 3 nitrogen and oxygen atoms in total. The van der Waals surface area contributed by atoms with Crippen LogP contribution in [-0.2, 0) is 6.42 Å². The van der Waals surface area contributed by atoms with Gasteiger partial charge in [0.15, 0.2) is 0 Å². The van der Waals surface area contributed by atoms with Gasteiger partial charge in [-0.2, -0.15) is 0 Å². The number of nitrogens with one attached hydrogen (secondary N) is 1. The molecule has 0 aromatic carbocycles. The number of hydrogen-bond acceptors (Lipinski definition) is 2. The minimum Gasteiger partial charge on any atom is -0.478 e. The molecule has 0 aliphatic carbocycles. The monoisotopic (exact) mass is 380 g/mol. The number of rotatable bonds is 12. The van der Waals surface area contributed by atoms with Crippen LogP contribution in [0.15, 0.2) is 18.3 Å². The van der Waals surface area contributed by atoms with E-state index in [0.717, 1.165) is 48.1 Å². The lowest BCUT2D eigenvalue weighted by atomic mass is 10.1. The van der Waals surface area contributed by atoms with E-state index in [1.807, 2.05) is 6.07 Å². The second-order valence-electron chi connectivity index (χ2n) is 6.12. The highest BCUT2D eigenvalue weighted by Crippen LogP contribution is 2.21. The maximum absolute atomic E-state index is 5.83. The normalized spacial score (nSPS) is 11.2. The van der Waals surface area contributed by atoms with Crippen molar-refractivity contribution in [2.24, 2.45) is 0 Å². The lowest BCUT2D eigenvalue weighted by Crippen LogP contribution is -1.99. The van der Waals surface area contributed by atoms with Crippen LogP contribution in [0.4, 0.5) is 0 Å². The number of ether oxygens (including phenoxy) is 1. The van der Waals surface area contributed by atoms with Gasteiger partial charge in [-0.05, 0) is 30.9 Å². The number of pyridine rings is 1. The van der Waals surface area contributed by atoms with Gasteiger partial charge in [0.1, 0.15) is 0 Å². The number of aromatic nitrogens is 2. The van der Waals surface area contributed by atoms with Crippen molar-refractivity contribution < 1.29 is 4.74 Å². The lowest BCUT2D eigenvalue weighted by Gasteiger charge is -2.06. The zero-order valence-electron chi connectivity index (χ0n) is 14.2. The van der Waals surface area contributed by atoms with Crippen LogP contribution in [-0.4, -0.2) is 21.9 Å². The predicted octanol–water partition coefficient (Wildman–Crippen LogP) is 6.02. The Morgan fingerprint density at radius 3 is 2.52 bits per heavy atom. The summed E-state index contributed by atoms with van der Waals surface area (Å²) in [4.78, 5) is 7.95. The van der Waals surface area contributed by atoms with Crippen molar-refractivity contribution in [2.45, 2.75) is 64.7 Å². The zero-order valence-corrected chi connectivity index (χ0v) is 15.8. The molecule has 0 bridgehead atoms. The molecule has 2 heterocycles. The van der Waals surface area contributed by atoms with Gasteiger partial charge in [-0.3, -0.25) is 0 Å². The summed E-state index contributed by atoms with van der Waals surface area (Å²) < 4.78 is 5.83. The molecule has 2 aromatic rings. The van der Waals surface area contributed by atoms with E-state index in [0.29, 0.717) is 0 Å². The Labute approximate surface area is 148 Å². The number of H-pyrrole nitrogens is 1. The molecule has 0 amide bonds. The molecule has 2 rings (SSSR count). The number of fused-ring (bicyclic) bond motifs is 1. The first-order chi connectivity index (χ1) is 11.3. The van der Waals surface area contributed by atoms with Gasteiger partial charge < -0.3 is 9.72 Å². The molecule has 0 aliphatic rings. The van der Waals surface area contributed by atoms with Gasteiger partial charge in [0.2, 0.25) is 5.88 Å². The first-order valence-electron chi connectivity index (χ1n) is 9.01. The molecule has 0 atom stereocenters. The highest BCUT2D eigenvalue weighted by molar-refractivity contribution is 9.09. The van der Waals surface area contributed by atoms with Crippen LogP contribution >= 0.6 is 15.9 Å². The SMILES string of the molecule is CCCc1c[nH]c2ccc(OCCCCCCCCCBr)nc12. The minimum absolute atomic E-state index is 0.756. The second-order valence-corrected chi connectivity index (χ2v) is 6.91. The Morgan fingerprint density at radius 2 is 1.78 bits per heavy atom. The maximum Gasteiger partial charge on any atom is 0.213 e. The first kappa shape index (κ1) is 18.3. The van der Waals surface area contributed by atoms with E-state index in [1.54, 1.807) is 0 Å². The van der Waals surface area contributed by atoms with Gasteiger partial charge in [-0.15, -0.1) is 0 Å². The van der Waals surface area contributed by atoms with Crippen LogP contribution in [0.3, 0.4) is 0 Å². The van der Waals surface area contributed by atoms with Gasteiger partial charge in [0.25, 0.3) is 0 Å². The van der Waals surface area contributed by atoms with E-state index in [2.05, 4.69) is 45.1 Å². The summed E-state index contributed by atoms with van der Waals surface area (Å²) in [7, 11) is 0. The molecule has 0 spiro atoms. The topological polar surface area (TPSA) is 37.9 Å². The third-order valence-electron chi connectivity index (χ3n) is 4.12. The number of alkyl halides is 1. The van der Waals surface area contributed by atoms with Crippen molar-refractivity contribution in [1.82, 2.24) is 9.97 Å². The molecule has 0 saturated heterocycles. The molecular weight excluding hydrogens is 352 g/mol. The van der Waals surface area contributed by atoms with Gasteiger partial charge in [0, 0.05) is 17.6 Å². The predicted molar refractivity (Wildman–Crippen MR) is 102 cm³/mol. The fourth-order valence-electron chi connectivity index (χ4n) is 2.83. The van der Waals surface area contributed by atoms with E-state index >= 15 is 0 Å². The zero-order chi connectivity index (χ0) is 16.3. The van der Waals surface area contributed by atoms with Crippen LogP contribution in [0.1, 0.15) is 63.9 Å². The molecule has 0 aliphatic heterocycles. The van der Waals surface area contributed by atoms with Crippen LogP contribution in [0.5, 0.6) is 5.88 Å². The number of halogens is 1. The number of aryl methyl sites for hydroxylation is 1. The molecule has 0 radical (unpaired) electrons. The van der Waals surface area contributed by atoms with E-state index in [-0.39, 0.29) is 0 Å². The summed E-state index contributed by atoms with van der Waals surface area (Å²) in [5, 5.41) is 1.14. The molecule has 4 heteroatoms.